The van der Waals surface area contributed by atoms with E-state index in [-0.39, 0.29) is 35.3 Å². The van der Waals surface area contributed by atoms with E-state index >= 15 is 0 Å². The van der Waals surface area contributed by atoms with Crippen LogP contribution in [-0.2, 0) is 23.9 Å². The summed E-state index contributed by atoms with van der Waals surface area (Å²) < 4.78 is 10.5. The third-order valence-electron chi connectivity index (χ3n) is 7.76. The van der Waals surface area contributed by atoms with Gasteiger partial charge in [0.1, 0.15) is 12.4 Å². The highest BCUT2D eigenvalue weighted by Crippen LogP contribution is 2.62. The zero-order chi connectivity index (χ0) is 18.9. The third-order valence-corrected chi connectivity index (χ3v) is 7.76. The van der Waals surface area contributed by atoms with Crippen LogP contribution >= 0.6 is 0 Å². The Morgan fingerprint density at radius 1 is 1.12 bits per heavy atom. The molecule has 3 aliphatic rings. The Hall–Kier alpha value is -1.39. The van der Waals surface area contributed by atoms with Crippen molar-refractivity contribution in [1.29, 1.82) is 0 Å². The number of hydrogen-bond donors (Lipinski definition) is 0. The summed E-state index contributed by atoms with van der Waals surface area (Å²) in [5, 5.41) is 0. The maximum atomic E-state index is 11.8. The lowest BCUT2D eigenvalue weighted by molar-refractivity contribution is -0.157. The van der Waals surface area contributed by atoms with Crippen LogP contribution in [0, 0.1) is 35.0 Å². The van der Waals surface area contributed by atoms with Crippen molar-refractivity contribution in [1.82, 2.24) is 0 Å². The number of aldehydes is 1. The highest BCUT2D eigenvalue weighted by molar-refractivity contribution is 5.69. The Morgan fingerprint density at radius 3 is 2.54 bits per heavy atom. The summed E-state index contributed by atoms with van der Waals surface area (Å²) in [4.78, 5) is 34.7. The second-order valence-electron chi connectivity index (χ2n) is 8.84. The average Bonchev–Trinajstić information content (AvgIpc) is 2.93. The molecule has 0 N–H and O–H groups in total. The quantitative estimate of drug-likeness (QED) is 0.551. The number of methoxy groups -OCH3 is 1. The van der Waals surface area contributed by atoms with Crippen molar-refractivity contribution in [2.45, 2.75) is 71.3 Å². The first-order chi connectivity index (χ1) is 12.4. The van der Waals surface area contributed by atoms with Gasteiger partial charge >= 0.3 is 11.9 Å². The molecule has 5 heteroatoms. The maximum Gasteiger partial charge on any atom is 0.305 e. The molecule has 0 unspecified atom stereocenters. The molecule has 3 saturated carbocycles. The molecule has 0 heterocycles. The van der Waals surface area contributed by atoms with Crippen molar-refractivity contribution in [3.8, 4) is 0 Å². The lowest BCUT2D eigenvalue weighted by atomic mass is 9.51. The van der Waals surface area contributed by atoms with E-state index in [4.69, 9.17) is 9.47 Å². The molecular weight excluding hydrogens is 332 g/mol. The number of carbonyl (C=O) groups is 3. The normalized spacial score (nSPS) is 41.7. The van der Waals surface area contributed by atoms with Crippen molar-refractivity contribution in [2.24, 2.45) is 35.0 Å². The Morgan fingerprint density at radius 2 is 1.88 bits per heavy atom. The predicted molar refractivity (Wildman–Crippen MR) is 96.1 cm³/mol. The summed E-state index contributed by atoms with van der Waals surface area (Å²) in [6.45, 7) is 3.80. The minimum Gasteiger partial charge on any atom is -0.469 e. The second-order valence-corrected chi connectivity index (χ2v) is 8.84. The smallest absolute Gasteiger partial charge is 0.305 e. The van der Waals surface area contributed by atoms with Gasteiger partial charge in [0.25, 0.3) is 0 Å². The van der Waals surface area contributed by atoms with Crippen LogP contribution in [0.2, 0.25) is 0 Å². The van der Waals surface area contributed by atoms with Crippen LogP contribution in [0.5, 0.6) is 0 Å². The van der Waals surface area contributed by atoms with Crippen molar-refractivity contribution >= 4 is 18.2 Å². The monoisotopic (exact) mass is 364 g/mol. The molecular formula is C21H32O5. The van der Waals surface area contributed by atoms with Crippen LogP contribution in [0.3, 0.4) is 0 Å². The summed E-state index contributed by atoms with van der Waals surface area (Å²) in [6.07, 6.45) is 8.27. The van der Waals surface area contributed by atoms with Gasteiger partial charge in [-0.25, -0.2) is 0 Å². The molecule has 5 nitrogen and oxygen atoms in total. The van der Waals surface area contributed by atoms with Gasteiger partial charge in [0, 0.05) is 25.2 Å². The fourth-order valence-corrected chi connectivity index (χ4v) is 6.61. The number of rotatable bonds is 5. The number of hydrogen-bond acceptors (Lipinski definition) is 5. The van der Waals surface area contributed by atoms with Gasteiger partial charge in [0.05, 0.1) is 7.11 Å². The van der Waals surface area contributed by atoms with E-state index in [0.717, 1.165) is 44.8 Å². The van der Waals surface area contributed by atoms with Gasteiger partial charge in [-0.3, -0.25) is 9.59 Å². The van der Waals surface area contributed by atoms with Gasteiger partial charge < -0.3 is 14.3 Å². The molecule has 3 fully saturated rings. The van der Waals surface area contributed by atoms with Gasteiger partial charge in [0.2, 0.25) is 0 Å². The maximum absolute atomic E-state index is 11.8. The summed E-state index contributed by atoms with van der Waals surface area (Å²) in [7, 11) is 1.43. The Kier molecular flexibility index (Phi) is 5.73. The van der Waals surface area contributed by atoms with Gasteiger partial charge in [-0.2, -0.15) is 0 Å². The minimum absolute atomic E-state index is 0.0308. The molecule has 3 rings (SSSR count). The fraction of sp³-hybridized carbons (Fsp3) is 0.857. The molecule has 0 aromatic heterocycles. The molecule has 0 saturated heterocycles. The highest BCUT2D eigenvalue weighted by atomic mass is 16.5. The molecule has 26 heavy (non-hydrogen) atoms. The van der Waals surface area contributed by atoms with Gasteiger partial charge in [-0.15, -0.1) is 0 Å². The average molecular weight is 364 g/mol. The largest absolute Gasteiger partial charge is 0.469 e. The van der Waals surface area contributed by atoms with E-state index in [1.54, 1.807) is 0 Å². The van der Waals surface area contributed by atoms with Gasteiger partial charge in [-0.1, -0.05) is 6.92 Å². The first-order valence-corrected chi connectivity index (χ1v) is 10.1. The molecule has 0 amide bonds. The highest BCUT2D eigenvalue weighted by Gasteiger charge is 2.57. The van der Waals surface area contributed by atoms with Crippen LogP contribution in [0.15, 0.2) is 0 Å². The molecule has 0 aromatic carbocycles. The van der Waals surface area contributed by atoms with E-state index in [1.807, 2.05) is 0 Å². The van der Waals surface area contributed by atoms with E-state index < -0.39 is 0 Å². The van der Waals surface area contributed by atoms with E-state index in [2.05, 4.69) is 6.92 Å². The van der Waals surface area contributed by atoms with Gasteiger partial charge in [0.15, 0.2) is 0 Å². The van der Waals surface area contributed by atoms with E-state index in [0.29, 0.717) is 30.6 Å². The molecule has 146 valence electrons. The summed E-state index contributed by atoms with van der Waals surface area (Å²) in [6, 6.07) is 0. The molecule has 0 bridgehead atoms. The topological polar surface area (TPSA) is 69.7 Å². The van der Waals surface area contributed by atoms with E-state index in [1.165, 1.54) is 14.0 Å². The van der Waals surface area contributed by atoms with Crippen LogP contribution in [0.1, 0.15) is 65.2 Å². The van der Waals surface area contributed by atoms with Crippen LogP contribution in [0.4, 0.5) is 0 Å². The molecule has 0 aromatic rings. The molecule has 3 aliphatic carbocycles. The molecule has 0 radical (unpaired) electrons. The summed E-state index contributed by atoms with van der Waals surface area (Å²) in [5.41, 5.74) is 0.0632. The zero-order valence-electron chi connectivity index (χ0n) is 16.2. The van der Waals surface area contributed by atoms with Crippen molar-refractivity contribution in [2.75, 3.05) is 7.11 Å². The number of carbonyl (C=O) groups excluding carboxylic acids is 3. The van der Waals surface area contributed by atoms with E-state index in [9.17, 15) is 14.4 Å². The second kappa shape index (κ2) is 7.69. The predicted octanol–water partition coefficient (Wildman–Crippen LogP) is 3.54. The number of fused-ring (bicyclic) bond motifs is 3. The van der Waals surface area contributed by atoms with Gasteiger partial charge in [-0.05, 0) is 68.1 Å². The van der Waals surface area contributed by atoms with Crippen molar-refractivity contribution in [3.05, 3.63) is 0 Å². The summed E-state index contributed by atoms with van der Waals surface area (Å²) >= 11 is 0. The first-order valence-electron chi connectivity index (χ1n) is 10.1. The molecule has 0 spiro atoms. The Labute approximate surface area is 156 Å². The summed E-state index contributed by atoms with van der Waals surface area (Å²) in [5.74, 6) is 1.82. The molecule has 0 aliphatic heterocycles. The Bertz CT molecular complexity index is 559. The fourth-order valence-electron chi connectivity index (χ4n) is 6.61. The lowest BCUT2D eigenvalue weighted by Crippen LogP contribution is -2.49. The number of esters is 2. The standard InChI is InChI=1S/C21H32O5/c1-13(23)26-19-7-6-18-17-5-4-14(12-20(24)25-3)15(9-11-22)16(17)8-10-21(18,19)2/h11,14-19H,4-10,12H2,1-3H3/t14-,15-,16+,17+,18-,19-,21-/m0/s1. The molecule has 7 atom stereocenters. The van der Waals surface area contributed by atoms with Crippen molar-refractivity contribution < 1.29 is 23.9 Å². The Balaban J connectivity index is 1.77. The lowest BCUT2D eigenvalue weighted by Gasteiger charge is -2.54. The number of ether oxygens (including phenoxy) is 2. The SMILES string of the molecule is COC(=O)C[C@@H]1CC[C@@H]2[C@H](CC[C@]3(C)[C@@H](OC(C)=O)CC[C@@H]23)[C@H]1CC=O. The third kappa shape index (κ3) is 3.41. The minimum atomic E-state index is -0.181. The van der Waals surface area contributed by atoms with Crippen LogP contribution in [0.25, 0.3) is 0 Å². The first kappa shape index (κ1) is 19.4. The zero-order valence-corrected chi connectivity index (χ0v) is 16.2. The van der Waals surface area contributed by atoms with Crippen LogP contribution < -0.4 is 0 Å². The van der Waals surface area contributed by atoms with Crippen molar-refractivity contribution in [3.63, 3.8) is 0 Å². The van der Waals surface area contributed by atoms with Crippen LogP contribution in [-0.4, -0.2) is 31.4 Å².